The highest BCUT2D eigenvalue weighted by Gasteiger charge is 2.27. The minimum atomic E-state index is -1.14. The molecule has 0 aliphatic heterocycles. The van der Waals surface area contributed by atoms with E-state index in [-0.39, 0.29) is 17.4 Å². The Morgan fingerprint density at radius 1 is 1.53 bits per heavy atom. The number of carbonyl (C=O) groups is 2. The molecule has 1 aromatic rings. The predicted octanol–water partition coefficient (Wildman–Crippen LogP) is 1.15. The van der Waals surface area contributed by atoms with Crippen LogP contribution in [0.25, 0.3) is 0 Å². The van der Waals surface area contributed by atoms with Gasteiger partial charge in [0.05, 0.1) is 0 Å². The summed E-state index contributed by atoms with van der Waals surface area (Å²) in [5, 5.41) is 21.8. The van der Waals surface area contributed by atoms with Crippen LogP contribution in [0.1, 0.15) is 30.8 Å². The Labute approximate surface area is 109 Å². The smallest absolute Gasteiger partial charge is 0.326 e. The molecular weight excluding hydrogens is 254 g/mol. The van der Waals surface area contributed by atoms with Crippen LogP contribution in [0.2, 0.25) is 0 Å². The van der Waals surface area contributed by atoms with E-state index in [1.165, 1.54) is 6.07 Å². The average Bonchev–Trinajstić information content (AvgIpc) is 2.84. The first-order valence-corrected chi connectivity index (χ1v) is 5.73. The summed E-state index contributed by atoms with van der Waals surface area (Å²) >= 11 is 0. The molecule has 0 aliphatic rings. The molecule has 0 spiro atoms. The molecule has 0 saturated heterocycles. The first-order valence-electron chi connectivity index (χ1n) is 5.73. The lowest BCUT2D eigenvalue weighted by Crippen LogP contribution is -2.45. The van der Waals surface area contributed by atoms with Gasteiger partial charge in [-0.05, 0) is 16.9 Å². The summed E-state index contributed by atoms with van der Waals surface area (Å²) in [7, 11) is 0. The maximum absolute atomic E-state index is 11.8. The number of nitro groups is 1. The van der Waals surface area contributed by atoms with Gasteiger partial charge >= 0.3 is 11.8 Å². The van der Waals surface area contributed by atoms with E-state index in [0.717, 1.165) is 6.07 Å². The van der Waals surface area contributed by atoms with Crippen LogP contribution < -0.4 is 5.32 Å². The Morgan fingerprint density at radius 3 is 2.58 bits per heavy atom. The standard InChI is InChI=1S/C11H15N3O5/c1-3-6(2)9(11(16)17)13-10(15)7-4-5-8(12-7)14(18)19/h4-6,9,12H,3H2,1-2H3,(H,13,15)(H,16,17)/t6-,9-/m0/s1. The number of carbonyl (C=O) groups excluding carboxylic acids is 1. The van der Waals surface area contributed by atoms with E-state index in [2.05, 4.69) is 10.3 Å². The van der Waals surface area contributed by atoms with Gasteiger partial charge in [-0.15, -0.1) is 0 Å². The molecule has 0 aliphatic carbocycles. The molecule has 104 valence electrons. The molecule has 1 aromatic heterocycles. The Balaban J connectivity index is 2.81. The van der Waals surface area contributed by atoms with Gasteiger partial charge in [0.25, 0.3) is 5.91 Å². The fraction of sp³-hybridized carbons (Fsp3) is 0.455. The van der Waals surface area contributed by atoms with Crippen LogP contribution in [0, 0.1) is 16.0 Å². The van der Waals surface area contributed by atoms with Crippen molar-refractivity contribution in [2.75, 3.05) is 0 Å². The molecule has 8 nitrogen and oxygen atoms in total. The van der Waals surface area contributed by atoms with E-state index in [0.29, 0.717) is 6.42 Å². The van der Waals surface area contributed by atoms with E-state index in [1.807, 2.05) is 6.92 Å². The highest BCUT2D eigenvalue weighted by Crippen LogP contribution is 2.12. The second-order valence-electron chi connectivity index (χ2n) is 4.19. The van der Waals surface area contributed by atoms with Crippen LogP contribution in [0.4, 0.5) is 5.82 Å². The number of amides is 1. The maximum atomic E-state index is 11.8. The fourth-order valence-electron chi connectivity index (χ4n) is 1.52. The lowest BCUT2D eigenvalue weighted by molar-refractivity contribution is -0.389. The van der Waals surface area contributed by atoms with Gasteiger partial charge in [0.1, 0.15) is 6.04 Å². The Hall–Kier alpha value is -2.38. The van der Waals surface area contributed by atoms with E-state index >= 15 is 0 Å². The zero-order chi connectivity index (χ0) is 14.6. The van der Waals surface area contributed by atoms with Gasteiger partial charge in [-0.1, -0.05) is 20.3 Å². The lowest BCUT2D eigenvalue weighted by atomic mass is 9.99. The summed E-state index contributed by atoms with van der Waals surface area (Å²) in [4.78, 5) is 34.9. The van der Waals surface area contributed by atoms with E-state index in [1.54, 1.807) is 6.92 Å². The molecule has 0 fully saturated rings. The number of aliphatic carboxylic acids is 1. The normalized spacial score (nSPS) is 13.6. The van der Waals surface area contributed by atoms with Crippen molar-refractivity contribution in [2.24, 2.45) is 5.92 Å². The van der Waals surface area contributed by atoms with Crippen molar-refractivity contribution in [1.29, 1.82) is 0 Å². The van der Waals surface area contributed by atoms with E-state index < -0.39 is 22.8 Å². The number of aromatic amines is 1. The van der Waals surface area contributed by atoms with Gasteiger partial charge in [0.15, 0.2) is 5.69 Å². The lowest BCUT2D eigenvalue weighted by Gasteiger charge is -2.19. The first-order chi connectivity index (χ1) is 8.86. The second kappa shape index (κ2) is 5.98. The fourth-order valence-corrected chi connectivity index (χ4v) is 1.52. The second-order valence-corrected chi connectivity index (χ2v) is 4.19. The molecule has 1 rings (SSSR count). The van der Waals surface area contributed by atoms with Crippen LogP contribution in [-0.2, 0) is 4.79 Å². The zero-order valence-corrected chi connectivity index (χ0v) is 10.5. The third-order valence-corrected chi connectivity index (χ3v) is 2.88. The summed E-state index contributed by atoms with van der Waals surface area (Å²) in [5.41, 5.74) is -0.0405. The number of rotatable bonds is 6. The topological polar surface area (TPSA) is 125 Å². The molecule has 8 heteroatoms. The third-order valence-electron chi connectivity index (χ3n) is 2.88. The number of hydrogen-bond donors (Lipinski definition) is 3. The average molecular weight is 269 g/mol. The van der Waals surface area contributed by atoms with Gasteiger partial charge in [0.2, 0.25) is 0 Å². The van der Waals surface area contributed by atoms with Crippen LogP contribution in [-0.4, -0.2) is 32.9 Å². The highest BCUT2D eigenvalue weighted by atomic mass is 16.6. The van der Waals surface area contributed by atoms with Crippen LogP contribution >= 0.6 is 0 Å². The largest absolute Gasteiger partial charge is 0.480 e. The monoisotopic (exact) mass is 269 g/mol. The molecular formula is C11H15N3O5. The maximum Gasteiger partial charge on any atom is 0.326 e. The number of hydrogen-bond acceptors (Lipinski definition) is 4. The molecule has 19 heavy (non-hydrogen) atoms. The first kappa shape index (κ1) is 14.7. The molecule has 1 amide bonds. The number of nitrogens with zero attached hydrogens (tertiary/aromatic N) is 1. The van der Waals surface area contributed by atoms with Crippen LogP contribution in [0.3, 0.4) is 0 Å². The van der Waals surface area contributed by atoms with Crippen molar-refractivity contribution >= 4 is 17.7 Å². The zero-order valence-electron chi connectivity index (χ0n) is 10.5. The SMILES string of the molecule is CC[C@H](C)[C@H](NC(=O)c1ccc([N+](=O)[O-])[nH]1)C(=O)O. The number of aromatic nitrogens is 1. The Bertz CT molecular complexity index is 496. The van der Waals surface area contributed by atoms with Gasteiger partial charge in [0, 0.05) is 6.07 Å². The van der Waals surface area contributed by atoms with Crippen molar-refractivity contribution in [2.45, 2.75) is 26.3 Å². The number of nitrogens with one attached hydrogen (secondary N) is 2. The molecule has 0 bridgehead atoms. The molecule has 1 heterocycles. The molecule has 2 atom stereocenters. The molecule has 0 aromatic carbocycles. The Morgan fingerprint density at radius 2 is 2.16 bits per heavy atom. The third kappa shape index (κ3) is 3.54. The van der Waals surface area contributed by atoms with Crippen LogP contribution in [0.15, 0.2) is 12.1 Å². The van der Waals surface area contributed by atoms with E-state index in [9.17, 15) is 19.7 Å². The van der Waals surface area contributed by atoms with Gasteiger partial charge < -0.3 is 20.5 Å². The number of carboxylic acid groups (broad SMARTS) is 1. The van der Waals surface area contributed by atoms with E-state index in [4.69, 9.17) is 5.11 Å². The summed E-state index contributed by atoms with van der Waals surface area (Å²) in [6, 6.07) is 1.36. The molecule has 3 N–H and O–H groups in total. The highest BCUT2D eigenvalue weighted by molar-refractivity contribution is 5.95. The summed E-state index contributed by atoms with van der Waals surface area (Å²) in [6.07, 6.45) is 0.585. The number of carboxylic acids is 1. The van der Waals surface area contributed by atoms with Crippen LogP contribution in [0.5, 0.6) is 0 Å². The van der Waals surface area contributed by atoms with Crippen molar-refractivity contribution in [1.82, 2.24) is 10.3 Å². The molecule has 0 unspecified atom stereocenters. The van der Waals surface area contributed by atoms with Crippen molar-refractivity contribution in [3.05, 3.63) is 27.9 Å². The minimum Gasteiger partial charge on any atom is -0.480 e. The number of H-pyrrole nitrogens is 1. The van der Waals surface area contributed by atoms with Gasteiger partial charge in [-0.2, -0.15) is 0 Å². The summed E-state index contributed by atoms with van der Waals surface area (Å²) in [5.74, 6) is -2.38. The molecule has 0 saturated carbocycles. The molecule has 0 radical (unpaired) electrons. The summed E-state index contributed by atoms with van der Waals surface area (Å²) in [6.45, 7) is 3.52. The van der Waals surface area contributed by atoms with Gasteiger partial charge in [-0.25, -0.2) is 9.78 Å². The Kier molecular flexibility index (Phi) is 4.62. The predicted molar refractivity (Wildman–Crippen MR) is 65.8 cm³/mol. The quantitative estimate of drug-likeness (QED) is 0.527. The summed E-state index contributed by atoms with van der Waals surface area (Å²) < 4.78 is 0. The van der Waals surface area contributed by atoms with Gasteiger partial charge in [-0.3, -0.25) is 4.79 Å². The van der Waals surface area contributed by atoms with Crippen molar-refractivity contribution < 1.29 is 19.6 Å². The minimum absolute atomic E-state index is 0.0405. The van der Waals surface area contributed by atoms with Crippen molar-refractivity contribution in [3.63, 3.8) is 0 Å². The van der Waals surface area contributed by atoms with Crippen molar-refractivity contribution in [3.8, 4) is 0 Å².